The number of nitrogens with zero attached hydrogens (tertiary/aromatic N) is 5. The molecule has 8 heteroatoms. The molecule has 30 heavy (non-hydrogen) atoms. The Bertz CT molecular complexity index is 926. The number of rotatable bonds is 5. The minimum absolute atomic E-state index is 0.239. The van der Waals surface area contributed by atoms with Gasteiger partial charge in [0, 0.05) is 37.6 Å². The van der Waals surface area contributed by atoms with Gasteiger partial charge in [-0.25, -0.2) is 9.97 Å². The molecule has 0 bridgehead atoms. The summed E-state index contributed by atoms with van der Waals surface area (Å²) in [5.41, 5.74) is 2.18. The number of hydrogen-bond acceptors (Lipinski definition) is 7. The van der Waals surface area contributed by atoms with Crippen LogP contribution in [0.15, 0.2) is 30.5 Å². The van der Waals surface area contributed by atoms with Gasteiger partial charge in [0.1, 0.15) is 11.9 Å². The molecule has 2 saturated heterocycles. The topological polar surface area (TPSA) is 105 Å². The molecule has 0 radical (unpaired) electrons. The number of carboxylic acid groups (broad SMARTS) is 1. The molecule has 0 unspecified atom stereocenters. The molecule has 2 N–H and O–H groups in total. The van der Waals surface area contributed by atoms with E-state index in [1.54, 1.807) is 6.20 Å². The number of nitrogens with one attached hydrogen (secondary N) is 1. The molecule has 0 spiro atoms. The molecule has 3 heterocycles. The normalized spacial score (nSPS) is 17.4. The average Bonchev–Trinajstić information content (AvgIpc) is 2.80. The molecule has 2 aromatic rings. The molecule has 156 valence electrons. The zero-order chi connectivity index (χ0) is 20.9. The van der Waals surface area contributed by atoms with Crippen LogP contribution < -0.4 is 15.1 Å². The van der Waals surface area contributed by atoms with Gasteiger partial charge in [0.25, 0.3) is 0 Å². The monoisotopic (exact) mass is 406 g/mol. The van der Waals surface area contributed by atoms with Crippen LogP contribution in [0.1, 0.15) is 37.8 Å². The van der Waals surface area contributed by atoms with Gasteiger partial charge in [-0.1, -0.05) is 0 Å². The highest BCUT2D eigenvalue weighted by Gasteiger charge is 2.24. The summed E-state index contributed by atoms with van der Waals surface area (Å²) in [4.78, 5) is 24.5. The fourth-order valence-electron chi connectivity index (χ4n) is 4.10. The summed E-state index contributed by atoms with van der Waals surface area (Å²) >= 11 is 0. The number of hydrogen-bond donors (Lipinski definition) is 2. The lowest BCUT2D eigenvalue weighted by molar-refractivity contribution is -0.142. The number of carboxylic acids is 1. The second-order valence-electron chi connectivity index (χ2n) is 7.86. The van der Waals surface area contributed by atoms with Crippen LogP contribution in [0, 0.1) is 17.2 Å². The first-order valence-electron chi connectivity index (χ1n) is 10.5. The average molecular weight is 406 g/mol. The third-order valence-corrected chi connectivity index (χ3v) is 5.89. The maximum atomic E-state index is 11.1. The number of piperidine rings is 2. The first kappa shape index (κ1) is 20.0. The van der Waals surface area contributed by atoms with E-state index in [4.69, 9.17) is 5.11 Å². The molecule has 0 aliphatic carbocycles. The summed E-state index contributed by atoms with van der Waals surface area (Å²) in [6.07, 6.45) is 6.55. The molecule has 8 nitrogen and oxygen atoms in total. The zero-order valence-corrected chi connectivity index (χ0v) is 16.9. The van der Waals surface area contributed by atoms with E-state index in [9.17, 15) is 10.1 Å². The minimum Gasteiger partial charge on any atom is -0.481 e. The van der Waals surface area contributed by atoms with Gasteiger partial charge in [-0.15, -0.1) is 0 Å². The van der Waals surface area contributed by atoms with Crippen LogP contribution in [0.4, 0.5) is 23.0 Å². The second-order valence-corrected chi connectivity index (χ2v) is 7.86. The maximum Gasteiger partial charge on any atom is 0.306 e. The Balaban J connectivity index is 1.45. The van der Waals surface area contributed by atoms with E-state index in [1.807, 2.05) is 24.3 Å². The molecule has 0 amide bonds. The molecular weight excluding hydrogens is 380 g/mol. The molecule has 2 fully saturated rings. The quantitative estimate of drug-likeness (QED) is 0.778. The highest BCUT2D eigenvalue weighted by molar-refractivity contribution is 5.70. The van der Waals surface area contributed by atoms with E-state index in [-0.39, 0.29) is 11.6 Å². The minimum atomic E-state index is -0.699. The van der Waals surface area contributed by atoms with E-state index in [0.717, 1.165) is 56.2 Å². The van der Waals surface area contributed by atoms with Crippen molar-refractivity contribution in [3.8, 4) is 6.07 Å². The summed E-state index contributed by atoms with van der Waals surface area (Å²) < 4.78 is 0. The predicted octanol–water partition coefficient (Wildman–Crippen LogP) is 3.38. The van der Waals surface area contributed by atoms with Gasteiger partial charge in [-0.05, 0) is 56.4 Å². The van der Waals surface area contributed by atoms with Crippen LogP contribution in [0.5, 0.6) is 0 Å². The van der Waals surface area contributed by atoms with E-state index >= 15 is 0 Å². The van der Waals surface area contributed by atoms with Crippen LogP contribution in [0.3, 0.4) is 0 Å². The first-order valence-corrected chi connectivity index (χ1v) is 10.5. The van der Waals surface area contributed by atoms with Gasteiger partial charge in [0.05, 0.1) is 12.1 Å². The number of benzene rings is 1. The Morgan fingerprint density at radius 1 is 1.07 bits per heavy atom. The van der Waals surface area contributed by atoms with Crippen molar-refractivity contribution in [3.63, 3.8) is 0 Å². The maximum absolute atomic E-state index is 11.1. The van der Waals surface area contributed by atoms with Crippen molar-refractivity contribution in [3.05, 3.63) is 36.2 Å². The molecule has 1 aromatic heterocycles. The lowest BCUT2D eigenvalue weighted by Crippen LogP contribution is -2.36. The highest BCUT2D eigenvalue weighted by atomic mass is 16.4. The number of anilines is 4. The van der Waals surface area contributed by atoms with Crippen molar-refractivity contribution >= 4 is 29.0 Å². The van der Waals surface area contributed by atoms with Crippen LogP contribution in [-0.4, -0.2) is 47.2 Å². The molecular formula is C22H26N6O2. The molecule has 0 atom stereocenters. The lowest BCUT2D eigenvalue weighted by Gasteiger charge is -2.32. The van der Waals surface area contributed by atoms with Gasteiger partial charge < -0.3 is 20.2 Å². The molecule has 4 rings (SSSR count). The van der Waals surface area contributed by atoms with Crippen LogP contribution in [0.25, 0.3) is 0 Å². The standard InChI is InChI=1S/C22H26N6O2/c23-14-19-21(26-20(15-24-19)28-10-2-1-3-11-28)25-17-4-6-18(7-5-17)27-12-8-16(9-13-27)22(29)30/h4-7,15-16H,1-3,8-13H2,(H,25,26)(H,29,30). The fourth-order valence-corrected chi connectivity index (χ4v) is 4.10. The summed E-state index contributed by atoms with van der Waals surface area (Å²) in [6, 6.07) is 10.0. The molecule has 0 saturated carbocycles. The van der Waals surface area contributed by atoms with E-state index in [1.165, 1.54) is 6.42 Å². The third kappa shape index (κ3) is 4.46. The van der Waals surface area contributed by atoms with Crippen molar-refractivity contribution in [2.75, 3.05) is 41.3 Å². The largest absolute Gasteiger partial charge is 0.481 e. The van der Waals surface area contributed by atoms with Gasteiger partial charge in [0.15, 0.2) is 11.5 Å². The third-order valence-electron chi connectivity index (χ3n) is 5.89. The summed E-state index contributed by atoms with van der Waals surface area (Å²) in [5, 5.41) is 21.8. The number of aliphatic carboxylic acids is 1. The summed E-state index contributed by atoms with van der Waals surface area (Å²) in [7, 11) is 0. The Labute approximate surface area is 176 Å². The zero-order valence-electron chi connectivity index (χ0n) is 16.9. The number of aromatic nitrogens is 2. The Morgan fingerprint density at radius 2 is 1.77 bits per heavy atom. The first-order chi connectivity index (χ1) is 14.6. The Hall–Kier alpha value is -3.34. The molecule has 2 aliphatic rings. The van der Waals surface area contributed by atoms with Crippen molar-refractivity contribution in [1.29, 1.82) is 5.26 Å². The summed E-state index contributed by atoms with van der Waals surface area (Å²) in [6.45, 7) is 3.41. The molecule has 2 aliphatic heterocycles. The van der Waals surface area contributed by atoms with Gasteiger partial charge in [-0.3, -0.25) is 4.79 Å². The Morgan fingerprint density at radius 3 is 2.40 bits per heavy atom. The SMILES string of the molecule is N#Cc1ncc(N2CCCCC2)nc1Nc1ccc(N2CCC(C(=O)O)CC2)cc1. The van der Waals surface area contributed by atoms with Crippen molar-refractivity contribution in [2.45, 2.75) is 32.1 Å². The lowest BCUT2D eigenvalue weighted by atomic mass is 9.97. The number of carbonyl (C=O) groups is 1. The summed E-state index contributed by atoms with van der Waals surface area (Å²) in [5.74, 6) is 0.331. The van der Waals surface area contributed by atoms with E-state index < -0.39 is 5.97 Å². The van der Waals surface area contributed by atoms with E-state index in [0.29, 0.717) is 18.7 Å². The van der Waals surface area contributed by atoms with Crippen LogP contribution in [0.2, 0.25) is 0 Å². The Kier molecular flexibility index (Phi) is 5.98. The van der Waals surface area contributed by atoms with Gasteiger partial charge in [-0.2, -0.15) is 5.26 Å². The fraction of sp³-hybridized carbons (Fsp3) is 0.455. The van der Waals surface area contributed by atoms with Crippen LogP contribution in [-0.2, 0) is 4.79 Å². The van der Waals surface area contributed by atoms with Crippen molar-refractivity contribution < 1.29 is 9.90 Å². The van der Waals surface area contributed by atoms with Gasteiger partial charge >= 0.3 is 5.97 Å². The highest BCUT2D eigenvalue weighted by Crippen LogP contribution is 2.27. The second kappa shape index (κ2) is 8.99. The van der Waals surface area contributed by atoms with Crippen molar-refractivity contribution in [2.24, 2.45) is 5.92 Å². The van der Waals surface area contributed by atoms with Crippen molar-refractivity contribution in [1.82, 2.24) is 9.97 Å². The number of nitriles is 1. The van der Waals surface area contributed by atoms with E-state index in [2.05, 4.69) is 31.2 Å². The molecule has 1 aromatic carbocycles. The van der Waals surface area contributed by atoms with Gasteiger partial charge in [0.2, 0.25) is 0 Å². The predicted molar refractivity (Wildman–Crippen MR) is 115 cm³/mol. The smallest absolute Gasteiger partial charge is 0.306 e. The van der Waals surface area contributed by atoms with Crippen LogP contribution >= 0.6 is 0 Å².